The number of hydrogen-bond acceptors (Lipinski definition) is 2. The topological polar surface area (TPSA) is 8.17 Å². The molecule has 0 atom stereocenters. The van der Waals surface area contributed by atoms with Crippen LogP contribution in [0.3, 0.4) is 0 Å². The van der Waals surface area contributed by atoms with Crippen LogP contribution in [0.2, 0.25) is 0 Å². The van der Waals surface area contributed by atoms with E-state index in [0.29, 0.717) is 0 Å². The third kappa shape index (κ3) is 6.79. The lowest BCUT2D eigenvalue weighted by molar-refractivity contribution is 1.18. The molecule has 0 fully saturated rings. The maximum Gasteiger partial charge on any atom is 0.0541 e. The Morgan fingerprint density at radius 3 is 1.46 bits per heavy atom. The molecule has 0 aliphatic rings. The van der Waals surface area contributed by atoms with Crippen molar-refractivity contribution in [1.29, 1.82) is 0 Å². The fourth-order valence-corrected chi connectivity index (χ4v) is 11.4. The van der Waals surface area contributed by atoms with Crippen LogP contribution < -0.4 is 4.90 Å². The second-order valence-corrected chi connectivity index (χ2v) is 18.3. The summed E-state index contributed by atoms with van der Waals surface area (Å²) in [6, 6.07) is 93.1. The minimum absolute atomic E-state index is 1.08. The molecule has 0 radical (unpaired) electrons. The zero-order valence-electron chi connectivity index (χ0n) is 36.6. The van der Waals surface area contributed by atoms with Crippen LogP contribution in [-0.4, -0.2) is 4.57 Å². The molecular formula is C64H42N2S. The molecule has 13 rings (SSSR count). The summed E-state index contributed by atoms with van der Waals surface area (Å²) < 4.78 is 5.08. The van der Waals surface area contributed by atoms with E-state index in [4.69, 9.17) is 0 Å². The van der Waals surface area contributed by atoms with Gasteiger partial charge in [0.25, 0.3) is 0 Å². The lowest BCUT2D eigenvalue weighted by Gasteiger charge is -2.27. The minimum atomic E-state index is 1.08. The molecule has 2 aromatic heterocycles. The molecular weight excluding hydrogens is 829 g/mol. The second kappa shape index (κ2) is 16.2. The first-order chi connectivity index (χ1) is 33.2. The molecule has 0 saturated heterocycles. The number of nitrogens with zero attached hydrogens (tertiary/aromatic N) is 2. The van der Waals surface area contributed by atoms with Crippen molar-refractivity contribution >= 4 is 81.1 Å². The summed E-state index contributed by atoms with van der Waals surface area (Å²) in [5.74, 6) is 0. The van der Waals surface area contributed by atoms with Crippen molar-refractivity contribution in [1.82, 2.24) is 4.57 Å². The van der Waals surface area contributed by atoms with Crippen LogP contribution in [0.4, 0.5) is 17.1 Å². The van der Waals surface area contributed by atoms with Gasteiger partial charge in [-0.15, -0.1) is 11.3 Å². The summed E-state index contributed by atoms with van der Waals surface area (Å²) in [5.41, 5.74) is 16.2. The lowest BCUT2D eigenvalue weighted by Crippen LogP contribution is -2.10. The fourth-order valence-electron chi connectivity index (χ4n) is 10.2. The molecule has 13 aromatic rings. The van der Waals surface area contributed by atoms with Gasteiger partial charge in [0.2, 0.25) is 0 Å². The molecule has 0 aliphatic heterocycles. The van der Waals surface area contributed by atoms with Crippen molar-refractivity contribution in [2.24, 2.45) is 0 Å². The van der Waals surface area contributed by atoms with Gasteiger partial charge in [-0.3, -0.25) is 0 Å². The van der Waals surface area contributed by atoms with Crippen LogP contribution in [0.15, 0.2) is 255 Å². The second-order valence-electron chi connectivity index (χ2n) is 17.3. The van der Waals surface area contributed by atoms with E-state index in [1.54, 1.807) is 0 Å². The zero-order chi connectivity index (χ0) is 44.3. The van der Waals surface area contributed by atoms with Gasteiger partial charge in [0.15, 0.2) is 0 Å². The number of fused-ring (bicyclic) bond motifs is 8. The Kier molecular flexibility index (Phi) is 9.40. The maximum atomic E-state index is 2.42. The molecule has 2 heterocycles. The number of rotatable bonds is 8. The van der Waals surface area contributed by atoms with E-state index in [2.05, 4.69) is 264 Å². The summed E-state index contributed by atoms with van der Waals surface area (Å²) in [5, 5.41) is 7.75. The van der Waals surface area contributed by atoms with Crippen molar-refractivity contribution < 1.29 is 0 Å². The summed E-state index contributed by atoms with van der Waals surface area (Å²) in [6.45, 7) is 0. The highest BCUT2D eigenvalue weighted by Gasteiger charge is 2.19. The summed E-state index contributed by atoms with van der Waals surface area (Å²) >= 11 is 1.89. The van der Waals surface area contributed by atoms with Crippen molar-refractivity contribution in [3.63, 3.8) is 0 Å². The van der Waals surface area contributed by atoms with Gasteiger partial charge in [-0.2, -0.15) is 0 Å². The standard InChI is InChI=1S/C64H42N2S/c1-3-15-43(16-4-1)49-39-50(44-17-5-2-6-18-44)41-53(40-49)65(51-33-27-45(28-34-51)48-32-37-58-59-38-31-46-19-7-8-21-55(46)64(59)67-63(58)42-48)52-35-29-47(30-36-52)54-20-9-12-24-60(54)66-61-25-13-10-22-56(61)57-23-11-14-26-62(57)66/h1-42H. The van der Waals surface area contributed by atoms with Gasteiger partial charge in [-0.25, -0.2) is 0 Å². The normalized spacial score (nSPS) is 11.6. The van der Waals surface area contributed by atoms with Gasteiger partial charge in [0.1, 0.15) is 0 Å². The number of aromatic nitrogens is 1. The third-order valence-corrected chi connectivity index (χ3v) is 14.6. The monoisotopic (exact) mass is 870 g/mol. The molecule has 0 spiro atoms. The van der Waals surface area contributed by atoms with Gasteiger partial charge >= 0.3 is 0 Å². The smallest absolute Gasteiger partial charge is 0.0541 e. The molecule has 11 aromatic carbocycles. The first-order valence-electron chi connectivity index (χ1n) is 22.9. The van der Waals surface area contributed by atoms with E-state index in [-0.39, 0.29) is 0 Å². The van der Waals surface area contributed by atoms with Crippen LogP contribution in [0.5, 0.6) is 0 Å². The van der Waals surface area contributed by atoms with E-state index in [0.717, 1.165) is 28.3 Å². The van der Waals surface area contributed by atoms with Crippen molar-refractivity contribution in [3.8, 4) is 50.2 Å². The van der Waals surface area contributed by atoms with E-state index in [1.165, 1.54) is 91.7 Å². The Morgan fingerprint density at radius 1 is 0.299 bits per heavy atom. The molecule has 0 aliphatic carbocycles. The summed E-state index contributed by atoms with van der Waals surface area (Å²) in [4.78, 5) is 2.41. The van der Waals surface area contributed by atoms with Crippen LogP contribution >= 0.6 is 11.3 Å². The van der Waals surface area contributed by atoms with Crippen molar-refractivity contribution in [2.75, 3.05) is 4.90 Å². The maximum absolute atomic E-state index is 2.42. The largest absolute Gasteiger partial charge is 0.310 e. The molecule has 0 bridgehead atoms. The molecule has 314 valence electrons. The number of benzene rings is 11. The highest BCUT2D eigenvalue weighted by atomic mass is 32.1. The van der Waals surface area contributed by atoms with Crippen molar-refractivity contribution in [3.05, 3.63) is 255 Å². The predicted molar refractivity (Wildman–Crippen MR) is 288 cm³/mol. The van der Waals surface area contributed by atoms with Gasteiger partial charge in [0.05, 0.1) is 16.7 Å². The highest BCUT2D eigenvalue weighted by molar-refractivity contribution is 7.26. The van der Waals surface area contributed by atoms with E-state index >= 15 is 0 Å². The first-order valence-corrected chi connectivity index (χ1v) is 23.7. The average molecular weight is 871 g/mol. The number of thiophene rings is 1. The van der Waals surface area contributed by atoms with E-state index < -0.39 is 0 Å². The number of anilines is 3. The predicted octanol–water partition coefficient (Wildman–Crippen LogP) is 18.4. The molecule has 67 heavy (non-hydrogen) atoms. The molecule has 0 saturated carbocycles. The van der Waals surface area contributed by atoms with Gasteiger partial charge in [0, 0.05) is 53.6 Å². The van der Waals surface area contributed by atoms with Gasteiger partial charge in [-0.05, 0) is 116 Å². The third-order valence-electron chi connectivity index (χ3n) is 13.4. The molecule has 0 N–H and O–H groups in total. The van der Waals surface area contributed by atoms with Crippen molar-refractivity contribution in [2.45, 2.75) is 0 Å². The fraction of sp³-hybridized carbons (Fsp3) is 0. The summed E-state index contributed by atoms with van der Waals surface area (Å²) in [6.07, 6.45) is 0. The number of para-hydroxylation sites is 3. The van der Waals surface area contributed by atoms with Gasteiger partial charge < -0.3 is 9.47 Å². The average Bonchev–Trinajstić information content (AvgIpc) is 3.95. The van der Waals surface area contributed by atoms with E-state index in [1.807, 2.05) is 11.3 Å². The zero-order valence-corrected chi connectivity index (χ0v) is 37.4. The Bertz CT molecular complexity index is 3850. The highest BCUT2D eigenvalue weighted by Crippen LogP contribution is 2.44. The SMILES string of the molecule is c1ccc(-c2cc(-c3ccccc3)cc(N(c3ccc(-c4ccc5c(c4)sc4c6ccccc6ccc54)cc3)c3ccc(-c4ccccc4-n4c5ccccc5c5ccccc54)cc3)c2)cc1. The molecule has 0 unspecified atom stereocenters. The Labute approximate surface area is 393 Å². The Morgan fingerprint density at radius 2 is 0.806 bits per heavy atom. The summed E-state index contributed by atoms with van der Waals surface area (Å²) in [7, 11) is 0. The number of hydrogen-bond donors (Lipinski definition) is 0. The molecule has 0 amide bonds. The minimum Gasteiger partial charge on any atom is -0.310 e. The Hall–Kier alpha value is -8.50. The first kappa shape index (κ1) is 38.9. The molecule has 2 nitrogen and oxygen atoms in total. The molecule has 3 heteroatoms. The lowest BCUT2D eigenvalue weighted by atomic mass is 9.97. The van der Waals surface area contributed by atoms with Crippen LogP contribution in [-0.2, 0) is 0 Å². The Balaban J connectivity index is 0.940. The van der Waals surface area contributed by atoms with Crippen LogP contribution in [0.1, 0.15) is 0 Å². The quantitative estimate of drug-likeness (QED) is 0.148. The van der Waals surface area contributed by atoms with Gasteiger partial charge in [-0.1, -0.05) is 188 Å². The van der Waals surface area contributed by atoms with E-state index in [9.17, 15) is 0 Å². The van der Waals surface area contributed by atoms with Crippen LogP contribution in [0.25, 0.3) is 103 Å². The van der Waals surface area contributed by atoms with Crippen LogP contribution in [0, 0.1) is 0 Å².